The monoisotopic (exact) mass is 234 g/mol. The standard InChI is InChI=1S/C10H19BrO/c1-9(7-11)8-12-6-5-10-3-2-4-10/h9-10H,2-8H2,1H3. The van der Waals surface area contributed by atoms with E-state index in [9.17, 15) is 0 Å². The molecule has 1 aliphatic rings. The van der Waals surface area contributed by atoms with Crippen molar-refractivity contribution < 1.29 is 4.74 Å². The molecule has 1 rings (SSSR count). The molecule has 2 heteroatoms. The zero-order valence-electron chi connectivity index (χ0n) is 7.89. The van der Waals surface area contributed by atoms with Crippen molar-refractivity contribution in [3.05, 3.63) is 0 Å². The minimum atomic E-state index is 0.659. The molecule has 0 heterocycles. The van der Waals surface area contributed by atoms with Gasteiger partial charge < -0.3 is 4.74 Å². The Morgan fingerprint density at radius 1 is 1.50 bits per heavy atom. The first kappa shape index (κ1) is 10.5. The summed E-state index contributed by atoms with van der Waals surface area (Å²) in [4.78, 5) is 0. The van der Waals surface area contributed by atoms with Crippen LogP contribution in [0.2, 0.25) is 0 Å². The van der Waals surface area contributed by atoms with Crippen molar-refractivity contribution in [2.24, 2.45) is 11.8 Å². The first-order valence-electron chi connectivity index (χ1n) is 4.96. The van der Waals surface area contributed by atoms with E-state index in [2.05, 4.69) is 22.9 Å². The minimum absolute atomic E-state index is 0.659. The molecule has 1 atom stereocenters. The molecule has 0 aromatic rings. The molecular weight excluding hydrogens is 216 g/mol. The smallest absolute Gasteiger partial charge is 0.0499 e. The molecule has 1 saturated carbocycles. The van der Waals surface area contributed by atoms with Crippen molar-refractivity contribution in [1.82, 2.24) is 0 Å². The van der Waals surface area contributed by atoms with Crippen LogP contribution in [0.3, 0.4) is 0 Å². The first-order chi connectivity index (χ1) is 5.83. The lowest BCUT2D eigenvalue weighted by molar-refractivity contribution is 0.0886. The van der Waals surface area contributed by atoms with Gasteiger partial charge in [0.2, 0.25) is 0 Å². The second kappa shape index (κ2) is 5.98. The lowest BCUT2D eigenvalue weighted by Gasteiger charge is -2.25. The molecule has 0 aliphatic heterocycles. The largest absolute Gasteiger partial charge is 0.381 e. The predicted molar refractivity (Wildman–Crippen MR) is 55.7 cm³/mol. The summed E-state index contributed by atoms with van der Waals surface area (Å²) in [5.74, 6) is 1.65. The van der Waals surface area contributed by atoms with Crippen LogP contribution < -0.4 is 0 Å². The van der Waals surface area contributed by atoms with Crippen molar-refractivity contribution >= 4 is 15.9 Å². The number of hydrogen-bond donors (Lipinski definition) is 0. The van der Waals surface area contributed by atoms with Gasteiger partial charge in [0, 0.05) is 18.5 Å². The molecule has 12 heavy (non-hydrogen) atoms. The van der Waals surface area contributed by atoms with E-state index in [1.807, 2.05) is 0 Å². The number of ether oxygens (including phenoxy) is 1. The number of halogens is 1. The SMILES string of the molecule is CC(CBr)COCCC1CCC1. The molecule has 0 N–H and O–H groups in total. The van der Waals surface area contributed by atoms with Gasteiger partial charge in [0.05, 0.1) is 0 Å². The average Bonchev–Trinajstić information content (AvgIpc) is 2.00. The van der Waals surface area contributed by atoms with E-state index < -0.39 is 0 Å². The van der Waals surface area contributed by atoms with Crippen LogP contribution >= 0.6 is 15.9 Å². The molecule has 1 nitrogen and oxygen atoms in total. The number of rotatable bonds is 6. The third-order valence-corrected chi connectivity index (χ3v) is 3.67. The van der Waals surface area contributed by atoms with Crippen LogP contribution in [0, 0.1) is 11.8 Å². The fraction of sp³-hybridized carbons (Fsp3) is 1.00. The Balaban J connectivity index is 1.82. The van der Waals surface area contributed by atoms with Crippen molar-refractivity contribution in [2.45, 2.75) is 32.6 Å². The molecule has 1 aliphatic carbocycles. The van der Waals surface area contributed by atoms with Crippen molar-refractivity contribution in [3.8, 4) is 0 Å². The molecule has 0 saturated heterocycles. The summed E-state index contributed by atoms with van der Waals surface area (Å²) in [5, 5.41) is 1.05. The average molecular weight is 235 g/mol. The summed E-state index contributed by atoms with van der Waals surface area (Å²) in [7, 11) is 0. The fourth-order valence-electron chi connectivity index (χ4n) is 1.36. The molecule has 0 radical (unpaired) electrons. The Morgan fingerprint density at radius 2 is 2.25 bits per heavy atom. The lowest BCUT2D eigenvalue weighted by atomic mass is 9.83. The van der Waals surface area contributed by atoms with Gasteiger partial charge in [-0.25, -0.2) is 0 Å². The van der Waals surface area contributed by atoms with E-state index in [1.165, 1.54) is 25.7 Å². The number of hydrogen-bond acceptors (Lipinski definition) is 1. The molecule has 1 fully saturated rings. The van der Waals surface area contributed by atoms with Gasteiger partial charge in [0.25, 0.3) is 0 Å². The van der Waals surface area contributed by atoms with E-state index >= 15 is 0 Å². The molecule has 0 aromatic heterocycles. The lowest BCUT2D eigenvalue weighted by Crippen LogP contribution is -2.15. The maximum Gasteiger partial charge on any atom is 0.0499 e. The van der Waals surface area contributed by atoms with Crippen LogP contribution in [0.5, 0.6) is 0 Å². The van der Waals surface area contributed by atoms with E-state index in [1.54, 1.807) is 0 Å². The van der Waals surface area contributed by atoms with Crippen LogP contribution in [0.1, 0.15) is 32.6 Å². The van der Waals surface area contributed by atoms with Gasteiger partial charge in [-0.05, 0) is 18.3 Å². The maximum absolute atomic E-state index is 5.56. The van der Waals surface area contributed by atoms with Crippen molar-refractivity contribution in [2.75, 3.05) is 18.5 Å². The summed E-state index contributed by atoms with van der Waals surface area (Å²) >= 11 is 3.44. The zero-order chi connectivity index (χ0) is 8.81. The zero-order valence-corrected chi connectivity index (χ0v) is 9.48. The van der Waals surface area contributed by atoms with Crippen LogP contribution in [0.15, 0.2) is 0 Å². The fourth-order valence-corrected chi connectivity index (χ4v) is 1.55. The third-order valence-electron chi connectivity index (χ3n) is 2.56. The van der Waals surface area contributed by atoms with E-state index in [0.29, 0.717) is 5.92 Å². The van der Waals surface area contributed by atoms with Gasteiger partial charge in [-0.2, -0.15) is 0 Å². The Bertz CT molecular complexity index is 106. The summed E-state index contributed by atoms with van der Waals surface area (Å²) < 4.78 is 5.56. The normalized spacial score (nSPS) is 20.5. The van der Waals surface area contributed by atoms with Gasteiger partial charge in [-0.15, -0.1) is 0 Å². The van der Waals surface area contributed by atoms with Gasteiger partial charge in [-0.1, -0.05) is 42.1 Å². The Labute approximate surface area is 84.0 Å². The van der Waals surface area contributed by atoms with E-state index in [0.717, 1.165) is 24.5 Å². The van der Waals surface area contributed by atoms with Crippen LogP contribution in [0.4, 0.5) is 0 Å². The Morgan fingerprint density at radius 3 is 2.75 bits per heavy atom. The van der Waals surface area contributed by atoms with E-state index in [-0.39, 0.29) is 0 Å². The highest BCUT2D eigenvalue weighted by Crippen LogP contribution is 2.29. The second-order valence-electron chi connectivity index (χ2n) is 3.92. The van der Waals surface area contributed by atoms with Crippen molar-refractivity contribution in [3.63, 3.8) is 0 Å². The topological polar surface area (TPSA) is 9.23 Å². The van der Waals surface area contributed by atoms with Crippen LogP contribution in [-0.2, 0) is 4.74 Å². The molecule has 0 aromatic carbocycles. The summed E-state index contributed by atoms with van der Waals surface area (Å²) in [5.41, 5.74) is 0. The highest BCUT2D eigenvalue weighted by molar-refractivity contribution is 9.09. The minimum Gasteiger partial charge on any atom is -0.381 e. The van der Waals surface area contributed by atoms with Crippen LogP contribution in [-0.4, -0.2) is 18.5 Å². The molecule has 0 spiro atoms. The van der Waals surface area contributed by atoms with Crippen LogP contribution in [0.25, 0.3) is 0 Å². The Kier molecular flexibility index (Phi) is 5.24. The van der Waals surface area contributed by atoms with Gasteiger partial charge in [0.1, 0.15) is 0 Å². The van der Waals surface area contributed by atoms with Gasteiger partial charge in [-0.3, -0.25) is 0 Å². The molecule has 1 unspecified atom stereocenters. The molecule has 72 valence electrons. The molecule has 0 bridgehead atoms. The molecular formula is C10H19BrO. The quantitative estimate of drug-likeness (QED) is 0.507. The highest BCUT2D eigenvalue weighted by Gasteiger charge is 2.16. The third kappa shape index (κ3) is 3.90. The van der Waals surface area contributed by atoms with Crippen molar-refractivity contribution in [1.29, 1.82) is 0 Å². The number of alkyl halides is 1. The van der Waals surface area contributed by atoms with E-state index in [4.69, 9.17) is 4.74 Å². The van der Waals surface area contributed by atoms with Gasteiger partial charge >= 0.3 is 0 Å². The highest BCUT2D eigenvalue weighted by atomic mass is 79.9. The summed E-state index contributed by atoms with van der Waals surface area (Å²) in [6.07, 6.45) is 5.62. The first-order valence-corrected chi connectivity index (χ1v) is 6.08. The summed E-state index contributed by atoms with van der Waals surface area (Å²) in [6.45, 7) is 4.10. The second-order valence-corrected chi connectivity index (χ2v) is 4.57. The predicted octanol–water partition coefficient (Wildman–Crippen LogP) is 3.22. The summed E-state index contributed by atoms with van der Waals surface area (Å²) in [6, 6.07) is 0. The van der Waals surface area contributed by atoms with Gasteiger partial charge in [0.15, 0.2) is 0 Å². The maximum atomic E-state index is 5.56. The Hall–Kier alpha value is 0.440. The molecule has 0 amide bonds.